The van der Waals surface area contributed by atoms with Crippen molar-refractivity contribution in [1.29, 1.82) is 0 Å². The summed E-state index contributed by atoms with van der Waals surface area (Å²) in [6.45, 7) is 2.27. The third-order valence-electron chi connectivity index (χ3n) is 4.12. The highest BCUT2D eigenvalue weighted by molar-refractivity contribution is 6.32. The number of halogens is 1. The largest absolute Gasteiger partial charge is 0.493 e. The van der Waals surface area contributed by atoms with Gasteiger partial charge in [0, 0.05) is 22.9 Å². The molecule has 0 saturated heterocycles. The number of benzene rings is 2. The molecular weight excluding hydrogens is 368 g/mol. The average Bonchev–Trinajstić information content (AvgIpc) is 3.48. The fourth-order valence-corrected chi connectivity index (χ4v) is 2.87. The molecule has 0 heterocycles. The Hall–Kier alpha value is -2.73. The number of anilines is 2. The molecule has 1 aliphatic rings. The fourth-order valence-electron chi connectivity index (χ4n) is 2.60. The summed E-state index contributed by atoms with van der Waals surface area (Å²) < 4.78 is 10.7. The maximum absolute atomic E-state index is 12.6. The smallest absolute Gasteiger partial charge is 0.255 e. The minimum atomic E-state index is -0.344. The van der Waals surface area contributed by atoms with E-state index in [1.807, 2.05) is 6.92 Å². The van der Waals surface area contributed by atoms with E-state index in [1.165, 1.54) is 13.2 Å². The molecule has 2 N–H and O–H groups in total. The molecule has 0 radical (unpaired) electrons. The van der Waals surface area contributed by atoms with Crippen LogP contribution in [0, 0.1) is 5.92 Å². The highest BCUT2D eigenvalue weighted by Crippen LogP contribution is 2.36. The van der Waals surface area contributed by atoms with Crippen LogP contribution in [0.3, 0.4) is 0 Å². The van der Waals surface area contributed by atoms with Crippen LogP contribution in [-0.4, -0.2) is 25.5 Å². The van der Waals surface area contributed by atoms with Crippen molar-refractivity contribution in [2.24, 2.45) is 5.92 Å². The van der Waals surface area contributed by atoms with Gasteiger partial charge in [0.15, 0.2) is 11.5 Å². The SMILES string of the molecule is CCOc1c(Cl)cc(C(=O)Nc2cccc(NC(=O)C3CC3)c2)cc1OC. The van der Waals surface area contributed by atoms with Gasteiger partial charge in [0.1, 0.15) is 0 Å². The molecule has 0 spiro atoms. The Labute approximate surface area is 162 Å². The molecular formula is C20H21ClN2O4. The van der Waals surface area contributed by atoms with Crippen LogP contribution in [0.4, 0.5) is 11.4 Å². The summed E-state index contributed by atoms with van der Waals surface area (Å²) in [6.07, 6.45) is 1.87. The van der Waals surface area contributed by atoms with E-state index < -0.39 is 0 Å². The third-order valence-corrected chi connectivity index (χ3v) is 4.40. The molecule has 2 amide bonds. The standard InChI is InChI=1S/C20H21ClN2O4/c1-3-27-18-16(21)9-13(10-17(18)26-2)20(25)23-15-6-4-5-14(11-15)22-19(24)12-7-8-12/h4-6,9-12H,3,7-8H2,1-2H3,(H,22,24)(H,23,25). The molecule has 0 aliphatic heterocycles. The zero-order chi connectivity index (χ0) is 19.4. The molecule has 7 heteroatoms. The van der Waals surface area contributed by atoms with E-state index in [-0.39, 0.29) is 17.7 Å². The van der Waals surface area contributed by atoms with E-state index in [0.29, 0.717) is 40.1 Å². The highest BCUT2D eigenvalue weighted by atomic mass is 35.5. The fraction of sp³-hybridized carbons (Fsp3) is 0.300. The van der Waals surface area contributed by atoms with Crippen molar-refractivity contribution < 1.29 is 19.1 Å². The van der Waals surface area contributed by atoms with Crippen LogP contribution in [0.2, 0.25) is 5.02 Å². The molecule has 1 fully saturated rings. The van der Waals surface area contributed by atoms with E-state index in [0.717, 1.165) is 12.8 Å². The van der Waals surface area contributed by atoms with Crippen LogP contribution in [0.1, 0.15) is 30.1 Å². The Bertz CT molecular complexity index is 865. The van der Waals surface area contributed by atoms with E-state index in [1.54, 1.807) is 30.3 Å². The lowest BCUT2D eigenvalue weighted by Gasteiger charge is -2.13. The predicted molar refractivity (Wildman–Crippen MR) is 105 cm³/mol. The zero-order valence-corrected chi connectivity index (χ0v) is 15.9. The number of carbonyl (C=O) groups excluding carboxylic acids is 2. The second-order valence-electron chi connectivity index (χ2n) is 6.22. The lowest BCUT2D eigenvalue weighted by molar-refractivity contribution is -0.117. The average molecular weight is 389 g/mol. The lowest BCUT2D eigenvalue weighted by Crippen LogP contribution is -2.15. The number of carbonyl (C=O) groups is 2. The first-order valence-corrected chi connectivity index (χ1v) is 9.12. The van der Waals surface area contributed by atoms with Gasteiger partial charge in [-0.05, 0) is 50.1 Å². The minimum Gasteiger partial charge on any atom is -0.493 e. The molecule has 0 atom stereocenters. The summed E-state index contributed by atoms with van der Waals surface area (Å²) >= 11 is 6.22. The summed E-state index contributed by atoms with van der Waals surface area (Å²) in [6, 6.07) is 10.1. The van der Waals surface area contributed by atoms with Gasteiger partial charge in [-0.3, -0.25) is 9.59 Å². The molecule has 6 nitrogen and oxygen atoms in total. The number of ether oxygens (including phenoxy) is 2. The molecule has 1 saturated carbocycles. The Kier molecular flexibility index (Phi) is 5.86. The van der Waals surface area contributed by atoms with Crippen LogP contribution < -0.4 is 20.1 Å². The molecule has 0 bridgehead atoms. The monoisotopic (exact) mass is 388 g/mol. The van der Waals surface area contributed by atoms with Crippen LogP contribution in [0.25, 0.3) is 0 Å². The van der Waals surface area contributed by atoms with Crippen LogP contribution in [-0.2, 0) is 4.79 Å². The summed E-state index contributed by atoms with van der Waals surface area (Å²) in [5.74, 6) is 0.579. The molecule has 3 rings (SSSR count). The maximum Gasteiger partial charge on any atom is 0.255 e. The minimum absolute atomic E-state index is 0.0153. The molecule has 0 unspecified atom stereocenters. The van der Waals surface area contributed by atoms with Crippen molar-refractivity contribution >= 4 is 34.8 Å². The maximum atomic E-state index is 12.6. The second kappa shape index (κ2) is 8.31. The lowest BCUT2D eigenvalue weighted by atomic mass is 10.1. The van der Waals surface area contributed by atoms with Gasteiger partial charge in [-0.2, -0.15) is 0 Å². The number of rotatable bonds is 7. The summed E-state index contributed by atoms with van der Waals surface area (Å²) in [5, 5.41) is 5.96. The van der Waals surface area contributed by atoms with Gasteiger partial charge in [-0.15, -0.1) is 0 Å². The van der Waals surface area contributed by atoms with E-state index in [4.69, 9.17) is 21.1 Å². The van der Waals surface area contributed by atoms with E-state index in [9.17, 15) is 9.59 Å². The second-order valence-corrected chi connectivity index (χ2v) is 6.63. The molecule has 2 aromatic carbocycles. The van der Waals surface area contributed by atoms with Gasteiger partial charge in [0.25, 0.3) is 5.91 Å². The predicted octanol–water partition coefficient (Wildman–Crippen LogP) is 4.35. The van der Waals surface area contributed by atoms with Crippen LogP contribution in [0.15, 0.2) is 36.4 Å². The normalized spacial score (nSPS) is 13.0. The number of methoxy groups -OCH3 is 1. The van der Waals surface area contributed by atoms with Gasteiger partial charge in [-0.1, -0.05) is 17.7 Å². The summed E-state index contributed by atoms with van der Waals surface area (Å²) in [5.41, 5.74) is 1.55. The zero-order valence-electron chi connectivity index (χ0n) is 15.2. The first-order chi connectivity index (χ1) is 13.0. The molecule has 1 aliphatic carbocycles. The highest BCUT2D eigenvalue weighted by Gasteiger charge is 2.29. The van der Waals surface area contributed by atoms with Gasteiger partial charge >= 0.3 is 0 Å². The van der Waals surface area contributed by atoms with Gasteiger partial charge < -0.3 is 20.1 Å². The summed E-state index contributed by atoms with van der Waals surface area (Å²) in [4.78, 5) is 24.5. The Balaban J connectivity index is 1.75. The number of amides is 2. The number of hydrogen-bond acceptors (Lipinski definition) is 4. The van der Waals surface area contributed by atoms with Crippen LogP contribution >= 0.6 is 11.6 Å². The summed E-state index contributed by atoms with van der Waals surface area (Å²) in [7, 11) is 1.49. The van der Waals surface area contributed by atoms with Crippen molar-refractivity contribution in [2.75, 3.05) is 24.4 Å². The first kappa shape index (κ1) is 19.0. The number of hydrogen-bond donors (Lipinski definition) is 2. The van der Waals surface area contributed by atoms with Crippen molar-refractivity contribution in [3.8, 4) is 11.5 Å². The van der Waals surface area contributed by atoms with Crippen molar-refractivity contribution in [3.05, 3.63) is 47.0 Å². The third kappa shape index (κ3) is 4.71. The van der Waals surface area contributed by atoms with Gasteiger partial charge in [-0.25, -0.2) is 0 Å². The molecule has 142 valence electrons. The van der Waals surface area contributed by atoms with Crippen molar-refractivity contribution in [3.63, 3.8) is 0 Å². The molecule has 0 aromatic heterocycles. The van der Waals surface area contributed by atoms with E-state index in [2.05, 4.69) is 10.6 Å². The van der Waals surface area contributed by atoms with Gasteiger partial charge in [0.2, 0.25) is 5.91 Å². The van der Waals surface area contributed by atoms with Crippen molar-refractivity contribution in [2.45, 2.75) is 19.8 Å². The topological polar surface area (TPSA) is 76.7 Å². The quantitative estimate of drug-likeness (QED) is 0.739. The van der Waals surface area contributed by atoms with Gasteiger partial charge in [0.05, 0.1) is 18.7 Å². The van der Waals surface area contributed by atoms with Crippen LogP contribution in [0.5, 0.6) is 11.5 Å². The Morgan fingerprint density at radius 3 is 2.48 bits per heavy atom. The Morgan fingerprint density at radius 1 is 1.15 bits per heavy atom. The van der Waals surface area contributed by atoms with Crippen molar-refractivity contribution in [1.82, 2.24) is 0 Å². The van der Waals surface area contributed by atoms with E-state index >= 15 is 0 Å². The molecule has 2 aromatic rings. The number of nitrogens with one attached hydrogen (secondary N) is 2. The Morgan fingerprint density at radius 2 is 1.85 bits per heavy atom. The molecule has 27 heavy (non-hydrogen) atoms. The first-order valence-electron chi connectivity index (χ1n) is 8.74.